The van der Waals surface area contributed by atoms with E-state index in [0.717, 1.165) is 24.8 Å². The largest absolute Gasteiger partial charge is 0.480 e. The third kappa shape index (κ3) is 3.24. The van der Waals surface area contributed by atoms with Crippen molar-refractivity contribution >= 4 is 11.9 Å². The quantitative estimate of drug-likeness (QED) is 0.894. The highest BCUT2D eigenvalue weighted by Crippen LogP contribution is 2.40. The average molecular weight is 316 g/mol. The standard InChI is InChI=1S/C18H24N2O3/c1-19-17(21)13-8-6-12(7-9-13)11-20-15-5-3-2-4-14(15)10-16(20)18(22)23/h6-9,14-16H,2-5,10-11H2,1H3,(H,19,21)(H,22,23). The minimum absolute atomic E-state index is 0.103. The third-order valence-electron chi connectivity index (χ3n) is 5.31. The smallest absolute Gasteiger partial charge is 0.320 e. The van der Waals surface area contributed by atoms with Crippen molar-refractivity contribution in [2.45, 2.75) is 50.7 Å². The summed E-state index contributed by atoms with van der Waals surface area (Å²) in [5.41, 5.74) is 1.69. The lowest BCUT2D eigenvalue weighted by atomic mass is 9.84. The van der Waals surface area contributed by atoms with Crippen LogP contribution in [0.15, 0.2) is 24.3 Å². The molecule has 2 fully saturated rings. The Morgan fingerprint density at radius 3 is 2.57 bits per heavy atom. The van der Waals surface area contributed by atoms with E-state index in [9.17, 15) is 14.7 Å². The number of hydrogen-bond acceptors (Lipinski definition) is 3. The number of rotatable bonds is 4. The van der Waals surface area contributed by atoms with Gasteiger partial charge in [0, 0.05) is 25.2 Å². The van der Waals surface area contributed by atoms with Gasteiger partial charge in [-0.25, -0.2) is 0 Å². The van der Waals surface area contributed by atoms with Crippen LogP contribution in [0.1, 0.15) is 48.0 Å². The number of benzene rings is 1. The van der Waals surface area contributed by atoms with Crippen molar-refractivity contribution in [3.05, 3.63) is 35.4 Å². The highest BCUT2D eigenvalue weighted by atomic mass is 16.4. The molecule has 3 rings (SSSR count). The fraction of sp³-hybridized carbons (Fsp3) is 0.556. The molecule has 0 radical (unpaired) electrons. The van der Waals surface area contributed by atoms with Crippen LogP contribution in [0.25, 0.3) is 0 Å². The summed E-state index contributed by atoms with van der Waals surface area (Å²) in [7, 11) is 1.61. The molecule has 124 valence electrons. The summed E-state index contributed by atoms with van der Waals surface area (Å²) in [6.07, 6.45) is 5.45. The van der Waals surface area contributed by atoms with Gasteiger partial charge < -0.3 is 10.4 Å². The number of nitrogens with zero attached hydrogens (tertiary/aromatic N) is 1. The van der Waals surface area contributed by atoms with Crippen molar-refractivity contribution in [2.75, 3.05) is 7.05 Å². The molecule has 3 unspecified atom stereocenters. The first-order chi connectivity index (χ1) is 11.1. The van der Waals surface area contributed by atoms with Crippen LogP contribution in [0.4, 0.5) is 0 Å². The third-order valence-corrected chi connectivity index (χ3v) is 5.31. The summed E-state index contributed by atoms with van der Waals surface area (Å²) >= 11 is 0. The number of carbonyl (C=O) groups excluding carboxylic acids is 1. The van der Waals surface area contributed by atoms with Gasteiger partial charge in [-0.1, -0.05) is 25.0 Å². The monoisotopic (exact) mass is 316 g/mol. The number of aliphatic carboxylic acids is 1. The predicted octanol–water partition coefficient (Wildman–Crippen LogP) is 2.26. The minimum Gasteiger partial charge on any atom is -0.480 e. The fourth-order valence-corrected chi connectivity index (χ4v) is 4.14. The molecule has 2 aliphatic rings. The maximum absolute atomic E-state index is 11.6. The van der Waals surface area contributed by atoms with Crippen LogP contribution in [-0.2, 0) is 11.3 Å². The molecule has 1 aromatic rings. The number of likely N-dealkylation sites (tertiary alicyclic amines) is 1. The highest BCUT2D eigenvalue weighted by Gasteiger charge is 2.44. The molecular weight excluding hydrogens is 292 g/mol. The van der Waals surface area contributed by atoms with E-state index < -0.39 is 5.97 Å². The number of carboxylic acid groups (broad SMARTS) is 1. The van der Waals surface area contributed by atoms with Crippen molar-refractivity contribution in [1.29, 1.82) is 0 Å². The molecule has 1 amide bonds. The van der Waals surface area contributed by atoms with E-state index in [1.807, 2.05) is 12.1 Å². The molecule has 1 aliphatic carbocycles. The molecule has 5 heteroatoms. The Kier molecular flexibility index (Phi) is 4.66. The summed E-state index contributed by atoms with van der Waals surface area (Å²) in [4.78, 5) is 25.4. The van der Waals surface area contributed by atoms with E-state index in [4.69, 9.17) is 0 Å². The van der Waals surface area contributed by atoms with Gasteiger partial charge in [-0.2, -0.15) is 0 Å². The first kappa shape index (κ1) is 16.0. The Balaban J connectivity index is 1.76. The van der Waals surface area contributed by atoms with Crippen LogP contribution in [0.2, 0.25) is 0 Å². The number of fused-ring (bicyclic) bond motifs is 1. The summed E-state index contributed by atoms with van der Waals surface area (Å²) in [5, 5.41) is 12.2. The summed E-state index contributed by atoms with van der Waals surface area (Å²) in [5.74, 6) is -0.287. The molecule has 23 heavy (non-hydrogen) atoms. The molecule has 1 aliphatic heterocycles. The van der Waals surface area contributed by atoms with E-state index in [-0.39, 0.29) is 11.9 Å². The van der Waals surface area contributed by atoms with Gasteiger partial charge in [0.2, 0.25) is 0 Å². The summed E-state index contributed by atoms with van der Waals surface area (Å²) < 4.78 is 0. The second-order valence-corrected chi connectivity index (χ2v) is 6.65. The normalized spacial score (nSPS) is 27.4. The van der Waals surface area contributed by atoms with Gasteiger partial charge in [0.05, 0.1) is 0 Å². The van der Waals surface area contributed by atoms with E-state index in [0.29, 0.717) is 24.1 Å². The topological polar surface area (TPSA) is 69.6 Å². The van der Waals surface area contributed by atoms with E-state index >= 15 is 0 Å². The van der Waals surface area contributed by atoms with Gasteiger partial charge in [0.1, 0.15) is 6.04 Å². The van der Waals surface area contributed by atoms with Crippen LogP contribution in [-0.4, -0.2) is 41.0 Å². The molecule has 5 nitrogen and oxygen atoms in total. The van der Waals surface area contributed by atoms with Crippen LogP contribution in [0.5, 0.6) is 0 Å². The maximum atomic E-state index is 11.6. The van der Waals surface area contributed by atoms with E-state index in [1.165, 1.54) is 12.8 Å². The van der Waals surface area contributed by atoms with Crippen LogP contribution >= 0.6 is 0 Å². The van der Waals surface area contributed by atoms with Crippen molar-refractivity contribution in [2.24, 2.45) is 5.92 Å². The van der Waals surface area contributed by atoms with E-state index in [1.54, 1.807) is 19.2 Å². The summed E-state index contributed by atoms with van der Waals surface area (Å²) in [6, 6.07) is 7.49. The molecule has 2 N–H and O–H groups in total. The molecule has 1 saturated heterocycles. The van der Waals surface area contributed by atoms with Crippen LogP contribution < -0.4 is 5.32 Å². The Bertz CT molecular complexity index is 584. The molecular formula is C18H24N2O3. The Morgan fingerprint density at radius 1 is 1.22 bits per heavy atom. The van der Waals surface area contributed by atoms with Crippen LogP contribution in [0, 0.1) is 5.92 Å². The van der Waals surface area contributed by atoms with Crippen molar-refractivity contribution in [3.8, 4) is 0 Å². The lowest BCUT2D eigenvalue weighted by molar-refractivity contribution is -0.142. The number of amides is 1. The Morgan fingerprint density at radius 2 is 1.91 bits per heavy atom. The molecule has 3 atom stereocenters. The van der Waals surface area contributed by atoms with Gasteiger partial charge in [0.25, 0.3) is 5.91 Å². The molecule has 1 saturated carbocycles. The van der Waals surface area contributed by atoms with Crippen molar-refractivity contribution in [3.63, 3.8) is 0 Å². The highest BCUT2D eigenvalue weighted by molar-refractivity contribution is 5.93. The van der Waals surface area contributed by atoms with Gasteiger partial charge in [-0.05, 0) is 42.9 Å². The summed E-state index contributed by atoms with van der Waals surface area (Å²) in [6.45, 7) is 0.645. The minimum atomic E-state index is -0.707. The van der Waals surface area contributed by atoms with Gasteiger partial charge in [-0.15, -0.1) is 0 Å². The van der Waals surface area contributed by atoms with Crippen molar-refractivity contribution < 1.29 is 14.7 Å². The maximum Gasteiger partial charge on any atom is 0.320 e. The number of hydrogen-bond donors (Lipinski definition) is 2. The number of carboxylic acids is 1. The number of nitrogens with one attached hydrogen (secondary N) is 1. The average Bonchev–Trinajstić information content (AvgIpc) is 2.94. The zero-order chi connectivity index (χ0) is 16.4. The number of carbonyl (C=O) groups is 2. The second-order valence-electron chi connectivity index (χ2n) is 6.65. The molecule has 0 aromatic heterocycles. The van der Waals surface area contributed by atoms with E-state index in [2.05, 4.69) is 10.2 Å². The SMILES string of the molecule is CNC(=O)c1ccc(CN2C(C(=O)O)CC3CCCCC32)cc1. The van der Waals surface area contributed by atoms with Gasteiger partial charge in [0.15, 0.2) is 0 Å². The zero-order valence-electron chi connectivity index (χ0n) is 13.5. The van der Waals surface area contributed by atoms with Gasteiger partial charge in [-0.3, -0.25) is 14.5 Å². The molecule has 0 spiro atoms. The van der Waals surface area contributed by atoms with Crippen LogP contribution in [0.3, 0.4) is 0 Å². The lowest BCUT2D eigenvalue weighted by Crippen LogP contribution is -2.41. The first-order valence-corrected chi connectivity index (χ1v) is 8.39. The fourth-order valence-electron chi connectivity index (χ4n) is 4.14. The molecule has 0 bridgehead atoms. The second kappa shape index (κ2) is 6.71. The molecule has 1 aromatic carbocycles. The predicted molar refractivity (Wildman–Crippen MR) is 87.2 cm³/mol. The van der Waals surface area contributed by atoms with Gasteiger partial charge >= 0.3 is 5.97 Å². The lowest BCUT2D eigenvalue weighted by Gasteiger charge is -2.33. The molecule has 1 heterocycles. The zero-order valence-corrected chi connectivity index (χ0v) is 13.5. The first-order valence-electron chi connectivity index (χ1n) is 8.39. The Labute approximate surface area is 136 Å². The Hall–Kier alpha value is -1.88. The van der Waals surface area contributed by atoms with Crippen molar-refractivity contribution in [1.82, 2.24) is 10.2 Å².